The molecule has 8 rings (SSSR count). The zero-order valence-electron chi connectivity index (χ0n) is 39.5. The molecule has 2 aromatic rings. The molecule has 0 unspecified atom stereocenters. The molecule has 0 bridgehead atoms. The van der Waals surface area contributed by atoms with Crippen LogP contribution in [0, 0.1) is 5.92 Å². The number of carboxylic acids is 2. The van der Waals surface area contributed by atoms with Crippen molar-refractivity contribution in [2.75, 3.05) is 18.0 Å². The summed E-state index contributed by atoms with van der Waals surface area (Å²) < 4.78 is 2.25. The number of benzene rings is 2. The van der Waals surface area contributed by atoms with Gasteiger partial charge in [0.05, 0.1) is 22.4 Å². The van der Waals surface area contributed by atoms with Gasteiger partial charge in [0.2, 0.25) is 5.69 Å². The van der Waals surface area contributed by atoms with Crippen LogP contribution < -0.4 is 15.5 Å². The summed E-state index contributed by atoms with van der Waals surface area (Å²) in [5.41, 5.74) is 8.39. The van der Waals surface area contributed by atoms with E-state index >= 15 is 0 Å². The van der Waals surface area contributed by atoms with Crippen molar-refractivity contribution >= 4 is 40.6 Å². The average molecular weight is 891 g/mol. The van der Waals surface area contributed by atoms with Gasteiger partial charge in [-0.15, -0.1) is 0 Å². The highest BCUT2D eigenvalue weighted by Gasteiger charge is 2.44. The van der Waals surface area contributed by atoms with E-state index in [0.29, 0.717) is 11.1 Å². The third-order valence-corrected chi connectivity index (χ3v) is 15.5. The number of hydrogen-bond donors (Lipinski definition) is 4. The molecule has 0 radical (unpaired) electrons. The van der Waals surface area contributed by atoms with Crippen molar-refractivity contribution in [2.45, 2.75) is 174 Å². The van der Waals surface area contributed by atoms with E-state index in [1.165, 1.54) is 102 Å². The smallest absolute Gasteiger partial charge is 0.335 e. The number of rotatable bonds is 12. The minimum atomic E-state index is -0.922. The van der Waals surface area contributed by atoms with Crippen molar-refractivity contribution in [1.82, 2.24) is 10.6 Å². The summed E-state index contributed by atoms with van der Waals surface area (Å²) in [5, 5.41) is 27.6. The zero-order chi connectivity index (χ0) is 45.6. The molecule has 2 heterocycles. The van der Waals surface area contributed by atoms with E-state index in [1.54, 1.807) is 24.3 Å². The number of carboxylic acid groups (broad SMARTS) is 2. The molecule has 2 aliphatic heterocycles. The number of halogens is 1. The number of carbonyl (C=O) groups is 2. The number of fused-ring (bicyclic) bond motifs is 2. The first-order valence-electron chi connectivity index (χ1n) is 24.6. The highest BCUT2D eigenvalue weighted by atomic mass is 35.5. The Hall–Kier alpha value is -4.56. The quantitative estimate of drug-likeness (QED) is 0.157. The standard InChI is InChI=1S/C35H37ClN2O4.C20H36N2/c1-7-37-27-15-11-23(32(39)40)19-25(27)34(3,4)29(37)17-13-21-9-10-22(31(21)36)14-18-30-35(5,6)26-20-24(33(41)42)12-16-28(26)38(30)8-2;1-4-10-17(11-5-1)16-20(21-18-12-6-2-7-13-18)22-19-14-8-3-9-15-19/h11-20H,7-10H2,1-6H3,(H-,39,40,41,42);16-19,21-22H,1-15H2/p+1. The number of anilines is 1. The van der Waals surface area contributed by atoms with Crippen LogP contribution in [0.1, 0.15) is 183 Å². The predicted octanol–water partition coefficient (Wildman–Crippen LogP) is 13.2. The molecule has 2 aromatic carbocycles. The van der Waals surface area contributed by atoms with Crippen LogP contribution in [0.15, 0.2) is 94.5 Å². The Morgan fingerprint density at radius 3 is 1.86 bits per heavy atom. The molecule has 4 aliphatic carbocycles. The van der Waals surface area contributed by atoms with Crippen molar-refractivity contribution < 1.29 is 24.4 Å². The highest BCUT2D eigenvalue weighted by molar-refractivity contribution is 6.33. The van der Waals surface area contributed by atoms with Crippen molar-refractivity contribution in [1.29, 1.82) is 0 Å². The lowest BCUT2D eigenvalue weighted by Crippen LogP contribution is -2.41. The normalized spacial score (nSPS) is 22.5. The number of likely N-dealkylation sites (N-methyl/N-ethyl adjacent to an activating group) is 1. The molecule has 3 saturated carbocycles. The third kappa shape index (κ3) is 10.4. The van der Waals surface area contributed by atoms with E-state index in [2.05, 4.69) is 92.0 Å². The van der Waals surface area contributed by atoms with Crippen LogP contribution in [-0.2, 0) is 10.8 Å². The van der Waals surface area contributed by atoms with Gasteiger partial charge in [0.1, 0.15) is 6.54 Å². The average Bonchev–Trinajstić information content (AvgIpc) is 3.83. The Balaban J connectivity index is 0.000000233. The zero-order valence-corrected chi connectivity index (χ0v) is 40.3. The molecule has 9 heteroatoms. The molecule has 8 nitrogen and oxygen atoms in total. The summed E-state index contributed by atoms with van der Waals surface area (Å²) in [6.07, 6.45) is 33.9. The fourth-order valence-electron chi connectivity index (χ4n) is 11.3. The molecule has 0 aromatic heterocycles. The van der Waals surface area contributed by atoms with Gasteiger partial charge < -0.3 is 25.7 Å². The number of nitrogens with one attached hydrogen (secondary N) is 2. The molecule has 3 fully saturated rings. The number of hydrogen-bond acceptors (Lipinski definition) is 5. The maximum absolute atomic E-state index is 11.6. The Bertz CT molecular complexity index is 2220. The third-order valence-electron chi connectivity index (χ3n) is 15.0. The minimum absolute atomic E-state index is 0.297. The summed E-state index contributed by atoms with van der Waals surface area (Å²) in [4.78, 5) is 25.5. The van der Waals surface area contributed by atoms with Crippen LogP contribution in [0.25, 0.3) is 0 Å². The van der Waals surface area contributed by atoms with Gasteiger partial charge in [-0.3, -0.25) is 0 Å². The van der Waals surface area contributed by atoms with Crippen LogP contribution in [0.3, 0.4) is 0 Å². The van der Waals surface area contributed by atoms with E-state index < -0.39 is 11.9 Å². The second-order valence-electron chi connectivity index (χ2n) is 20.1. The Morgan fingerprint density at radius 1 is 0.734 bits per heavy atom. The number of allylic oxidation sites excluding steroid dienone is 9. The van der Waals surface area contributed by atoms with Gasteiger partial charge in [0.15, 0.2) is 5.71 Å². The Morgan fingerprint density at radius 2 is 1.30 bits per heavy atom. The van der Waals surface area contributed by atoms with Gasteiger partial charge in [-0.25, -0.2) is 9.59 Å². The predicted molar refractivity (Wildman–Crippen MR) is 263 cm³/mol. The van der Waals surface area contributed by atoms with Crippen LogP contribution in [0.5, 0.6) is 0 Å². The van der Waals surface area contributed by atoms with E-state index in [4.69, 9.17) is 11.6 Å². The fourth-order valence-corrected chi connectivity index (χ4v) is 11.6. The van der Waals surface area contributed by atoms with Crippen molar-refractivity contribution in [3.05, 3.63) is 117 Å². The van der Waals surface area contributed by atoms with Crippen LogP contribution in [0.2, 0.25) is 0 Å². The van der Waals surface area contributed by atoms with Crippen LogP contribution in [0.4, 0.5) is 11.4 Å². The van der Waals surface area contributed by atoms with Gasteiger partial charge >= 0.3 is 11.9 Å². The summed E-state index contributed by atoms with van der Waals surface area (Å²) >= 11 is 6.95. The van der Waals surface area contributed by atoms with Crippen molar-refractivity contribution in [3.63, 3.8) is 0 Å². The maximum Gasteiger partial charge on any atom is 0.335 e. The largest absolute Gasteiger partial charge is 0.478 e. The molecule has 0 amide bonds. The lowest BCUT2D eigenvalue weighted by atomic mass is 9.80. The van der Waals surface area contributed by atoms with E-state index in [-0.39, 0.29) is 10.8 Å². The Kier molecular flexibility index (Phi) is 15.4. The van der Waals surface area contributed by atoms with E-state index in [9.17, 15) is 19.8 Å². The number of aromatic carboxylic acids is 2. The van der Waals surface area contributed by atoms with Gasteiger partial charge in [-0.1, -0.05) is 95.4 Å². The van der Waals surface area contributed by atoms with Gasteiger partial charge in [-0.05, 0) is 144 Å². The lowest BCUT2D eigenvalue weighted by molar-refractivity contribution is -0.433. The summed E-state index contributed by atoms with van der Waals surface area (Å²) in [6, 6.07) is 12.2. The van der Waals surface area contributed by atoms with Crippen LogP contribution in [-0.4, -0.2) is 57.6 Å². The molecule has 344 valence electrons. The summed E-state index contributed by atoms with van der Waals surface area (Å²) in [6.45, 7) is 14.3. The molecule has 6 aliphatic rings. The van der Waals surface area contributed by atoms with Crippen LogP contribution >= 0.6 is 11.6 Å². The van der Waals surface area contributed by atoms with Gasteiger partial charge in [-0.2, -0.15) is 4.58 Å². The second-order valence-corrected chi connectivity index (χ2v) is 20.4. The summed E-state index contributed by atoms with van der Waals surface area (Å²) in [5.74, 6) is 0.367. The molecule has 64 heavy (non-hydrogen) atoms. The van der Waals surface area contributed by atoms with Crippen molar-refractivity contribution in [2.24, 2.45) is 5.92 Å². The summed E-state index contributed by atoms with van der Waals surface area (Å²) in [7, 11) is 0. The lowest BCUT2D eigenvalue weighted by Gasteiger charge is -2.31. The second kappa shape index (κ2) is 20.7. The maximum atomic E-state index is 11.6. The first kappa shape index (κ1) is 47.4. The van der Waals surface area contributed by atoms with Gasteiger partial charge in [0.25, 0.3) is 0 Å². The molecule has 4 N–H and O–H groups in total. The topological polar surface area (TPSA) is 105 Å². The molecule has 0 spiro atoms. The fraction of sp³-hybridized carbons (Fsp3) is 0.545. The molecule has 0 saturated heterocycles. The molecule has 0 atom stereocenters. The monoisotopic (exact) mass is 890 g/mol. The number of nitrogens with zero attached hydrogens (tertiary/aromatic N) is 2. The minimum Gasteiger partial charge on any atom is -0.478 e. The van der Waals surface area contributed by atoms with E-state index in [0.717, 1.165) is 94.0 Å². The first-order valence-corrected chi connectivity index (χ1v) is 25.0. The SMILES string of the molecule is C(=C(NC1CCCCC1)NC1CCCCC1)C1CCCCC1.CCN1C(=CC=C2CCC(C=CC3=[N+](CC)c4ccc(C(=O)O)cc4C3(C)C)=C2Cl)C(C)(C)c2cc(C(=O)O)ccc21. The van der Waals surface area contributed by atoms with Gasteiger partial charge in [0, 0.05) is 58.2 Å². The Labute approximate surface area is 388 Å². The molecular weight excluding hydrogens is 816 g/mol. The highest BCUT2D eigenvalue weighted by Crippen LogP contribution is 2.48. The first-order chi connectivity index (χ1) is 30.7. The molecular formula is C55H74ClN4O4+. The van der Waals surface area contributed by atoms with E-state index in [1.807, 2.05) is 12.1 Å². The van der Waals surface area contributed by atoms with Crippen molar-refractivity contribution in [3.8, 4) is 0 Å².